The van der Waals surface area contributed by atoms with Gasteiger partial charge in [0.25, 0.3) is 5.69 Å². The Hall–Kier alpha value is -3.91. The lowest BCUT2D eigenvalue weighted by molar-refractivity contribution is -0.384. The number of nitro groups is 1. The molecule has 0 aliphatic heterocycles. The number of nitrogens with one attached hydrogen (secondary N) is 2. The third-order valence-corrected chi connectivity index (χ3v) is 5.82. The van der Waals surface area contributed by atoms with Crippen molar-refractivity contribution in [2.45, 2.75) is 24.0 Å². The molecule has 1 unspecified atom stereocenters. The van der Waals surface area contributed by atoms with Crippen molar-refractivity contribution in [2.75, 3.05) is 10.6 Å². The van der Waals surface area contributed by atoms with Crippen LogP contribution in [0.25, 0.3) is 6.08 Å². The zero-order valence-electron chi connectivity index (χ0n) is 18.1. The van der Waals surface area contributed by atoms with Gasteiger partial charge >= 0.3 is 0 Å². The third kappa shape index (κ3) is 7.05. The first-order chi connectivity index (χ1) is 15.8. The standard InChI is InChI=1S/C25H23N3O4S/c1-17-16-21(28(31)32)11-14-23(17)27-25(30)18(2)33-22-12-9-20(10-13-22)26-24(29)15-8-19-6-4-3-5-7-19/h3-16,18H,1-2H3,(H,26,29)(H,27,30)/b15-8+. The van der Waals surface area contributed by atoms with Gasteiger partial charge in [0.15, 0.2) is 0 Å². The average molecular weight is 462 g/mol. The number of carbonyl (C=O) groups excluding carboxylic acids is 2. The monoisotopic (exact) mass is 461 g/mol. The molecular formula is C25H23N3O4S. The summed E-state index contributed by atoms with van der Waals surface area (Å²) in [5.74, 6) is -0.439. The number of aryl methyl sites for hydroxylation is 1. The minimum absolute atomic E-state index is 0.0179. The Morgan fingerprint density at radius 3 is 2.33 bits per heavy atom. The van der Waals surface area contributed by atoms with Crippen LogP contribution in [0.2, 0.25) is 0 Å². The predicted molar refractivity (Wildman–Crippen MR) is 132 cm³/mol. The molecule has 2 amide bonds. The van der Waals surface area contributed by atoms with Gasteiger partial charge in [-0.05, 0) is 61.4 Å². The Kier molecular flexibility index (Phi) is 7.99. The van der Waals surface area contributed by atoms with E-state index in [0.717, 1.165) is 10.5 Å². The van der Waals surface area contributed by atoms with Gasteiger partial charge in [-0.3, -0.25) is 19.7 Å². The number of thioether (sulfide) groups is 1. The van der Waals surface area contributed by atoms with Crippen molar-refractivity contribution in [2.24, 2.45) is 0 Å². The number of amides is 2. The summed E-state index contributed by atoms with van der Waals surface area (Å²) in [5.41, 5.74) is 2.74. The fourth-order valence-electron chi connectivity index (χ4n) is 2.93. The van der Waals surface area contributed by atoms with Crippen LogP contribution in [0.5, 0.6) is 0 Å². The number of rotatable bonds is 8. The van der Waals surface area contributed by atoms with Gasteiger partial charge in [-0.25, -0.2) is 0 Å². The lowest BCUT2D eigenvalue weighted by atomic mass is 10.2. The van der Waals surface area contributed by atoms with Crippen LogP contribution < -0.4 is 10.6 Å². The van der Waals surface area contributed by atoms with E-state index in [4.69, 9.17) is 0 Å². The zero-order chi connectivity index (χ0) is 23.8. The second kappa shape index (κ2) is 11.1. The van der Waals surface area contributed by atoms with Gasteiger partial charge in [0.1, 0.15) is 0 Å². The van der Waals surface area contributed by atoms with Crippen LogP contribution in [-0.4, -0.2) is 22.0 Å². The van der Waals surface area contributed by atoms with Gasteiger partial charge in [-0.15, -0.1) is 11.8 Å². The van der Waals surface area contributed by atoms with Crippen molar-refractivity contribution in [1.82, 2.24) is 0 Å². The molecule has 0 bridgehead atoms. The van der Waals surface area contributed by atoms with E-state index in [-0.39, 0.29) is 17.5 Å². The molecule has 0 aromatic heterocycles. The molecule has 1 atom stereocenters. The van der Waals surface area contributed by atoms with E-state index in [1.807, 2.05) is 42.5 Å². The molecule has 7 nitrogen and oxygen atoms in total. The Bertz CT molecular complexity index is 1180. The minimum atomic E-state index is -0.470. The van der Waals surface area contributed by atoms with Crippen LogP contribution in [0.1, 0.15) is 18.1 Å². The van der Waals surface area contributed by atoms with E-state index in [2.05, 4.69) is 10.6 Å². The number of carbonyl (C=O) groups is 2. The highest BCUT2D eigenvalue weighted by Crippen LogP contribution is 2.27. The normalized spacial score (nSPS) is 11.7. The van der Waals surface area contributed by atoms with E-state index in [1.54, 1.807) is 32.1 Å². The maximum atomic E-state index is 12.6. The summed E-state index contributed by atoms with van der Waals surface area (Å²) in [6.07, 6.45) is 3.22. The first-order valence-corrected chi connectivity index (χ1v) is 11.1. The summed E-state index contributed by atoms with van der Waals surface area (Å²) in [6, 6.07) is 21.1. The minimum Gasteiger partial charge on any atom is -0.325 e. The number of nitrogens with zero attached hydrogens (tertiary/aromatic N) is 1. The van der Waals surface area contributed by atoms with Crippen LogP contribution in [0.4, 0.5) is 17.1 Å². The third-order valence-electron chi connectivity index (χ3n) is 4.71. The molecule has 8 heteroatoms. The highest BCUT2D eigenvalue weighted by Gasteiger charge is 2.17. The molecule has 0 heterocycles. The Balaban J connectivity index is 1.53. The second-order valence-electron chi connectivity index (χ2n) is 7.26. The number of nitro benzene ring substituents is 1. The van der Waals surface area contributed by atoms with Gasteiger partial charge in [0.2, 0.25) is 11.8 Å². The Morgan fingerprint density at radius 1 is 1.00 bits per heavy atom. The number of benzene rings is 3. The molecule has 0 saturated heterocycles. The van der Waals surface area contributed by atoms with Crippen LogP contribution in [-0.2, 0) is 9.59 Å². The van der Waals surface area contributed by atoms with Gasteiger partial charge in [0.05, 0.1) is 10.2 Å². The first kappa shape index (κ1) is 23.7. The number of hydrogen-bond donors (Lipinski definition) is 2. The van der Waals surface area contributed by atoms with Gasteiger partial charge in [0, 0.05) is 34.5 Å². The molecular weight excluding hydrogens is 438 g/mol. The molecule has 2 N–H and O–H groups in total. The van der Waals surface area contributed by atoms with Crippen molar-refractivity contribution in [1.29, 1.82) is 0 Å². The molecule has 0 saturated carbocycles. The van der Waals surface area contributed by atoms with Crippen molar-refractivity contribution >= 4 is 46.7 Å². The van der Waals surface area contributed by atoms with Crippen molar-refractivity contribution in [3.05, 3.63) is 100 Å². The van der Waals surface area contributed by atoms with Gasteiger partial charge in [-0.1, -0.05) is 30.3 Å². The van der Waals surface area contributed by atoms with E-state index < -0.39 is 10.2 Å². The van der Waals surface area contributed by atoms with Crippen molar-refractivity contribution in [3.8, 4) is 0 Å². The topological polar surface area (TPSA) is 101 Å². The predicted octanol–water partition coefficient (Wildman–Crippen LogP) is 5.67. The molecule has 0 aliphatic carbocycles. The maximum absolute atomic E-state index is 12.6. The summed E-state index contributed by atoms with van der Waals surface area (Å²) < 4.78 is 0. The molecule has 168 valence electrons. The molecule has 3 rings (SSSR count). The second-order valence-corrected chi connectivity index (χ2v) is 8.68. The van der Waals surface area contributed by atoms with Crippen molar-refractivity contribution in [3.63, 3.8) is 0 Å². The lowest BCUT2D eigenvalue weighted by Gasteiger charge is -2.14. The molecule has 3 aromatic carbocycles. The Morgan fingerprint density at radius 2 is 1.70 bits per heavy atom. The average Bonchev–Trinajstić information content (AvgIpc) is 2.80. The summed E-state index contributed by atoms with van der Waals surface area (Å²) in [4.78, 5) is 35.9. The summed E-state index contributed by atoms with van der Waals surface area (Å²) >= 11 is 1.37. The first-order valence-electron chi connectivity index (χ1n) is 10.2. The van der Waals surface area contributed by atoms with Crippen LogP contribution in [0.3, 0.4) is 0 Å². The van der Waals surface area contributed by atoms with E-state index in [0.29, 0.717) is 16.9 Å². The fraction of sp³-hybridized carbons (Fsp3) is 0.120. The van der Waals surface area contributed by atoms with Gasteiger partial charge < -0.3 is 10.6 Å². The Labute approximate surface area is 196 Å². The van der Waals surface area contributed by atoms with Gasteiger partial charge in [-0.2, -0.15) is 0 Å². The molecule has 33 heavy (non-hydrogen) atoms. The SMILES string of the molecule is Cc1cc([N+](=O)[O-])ccc1NC(=O)C(C)Sc1ccc(NC(=O)/C=C/c2ccccc2)cc1. The summed E-state index contributed by atoms with van der Waals surface area (Å²) in [6.45, 7) is 3.49. The van der Waals surface area contributed by atoms with Crippen molar-refractivity contribution < 1.29 is 14.5 Å². The quantitative estimate of drug-likeness (QED) is 0.195. The van der Waals surface area contributed by atoms with Crippen LogP contribution in [0.15, 0.2) is 83.8 Å². The zero-order valence-corrected chi connectivity index (χ0v) is 19.0. The molecule has 0 fully saturated rings. The fourth-order valence-corrected chi connectivity index (χ4v) is 3.80. The summed E-state index contributed by atoms with van der Waals surface area (Å²) in [7, 11) is 0. The number of hydrogen-bond acceptors (Lipinski definition) is 5. The van der Waals surface area contributed by atoms with E-state index >= 15 is 0 Å². The highest BCUT2D eigenvalue weighted by atomic mass is 32.2. The van der Waals surface area contributed by atoms with Crippen LogP contribution >= 0.6 is 11.8 Å². The molecule has 0 radical (unpaired) electrons. The van der Waals surface area contributed by atoms with Crippen LogP contribution in [0, 0.1) is 17.0 Å². The van der Waals surface area contributed by atoms with E-state index in [9.17, 15) is 19.7 Å². The summed E-state index contributed by atoms with van der Waals surface area (Å²) in [5, 5.41) is 16.1. The smallest absolute Gasteiger partial charge is 0.269 e. The molecule has 0 spiro atoms. The highest BCUT2D eigenvalue weighted by molar-refractivity contribution is 8.00. The molecule has 0 aliphatic rings. The molecule has 3 aromatic rings. The maximum Gasteiger partial charge on any atom is 0.269 e. The number of non-ortho nitro benzene ring substituents is 1. The lowest BCUT2D eigenvalue weighted by Crippen LogP contribution is -2.22. The largest absolute Gasteiger partial charge is 0.325 e. The van der Waals surface area contributed by atoms with E-state index in [1.165, 1.54) is 36.0 Å². The number of anilines is 2.